The summed E-state index contributed by atoms with van der Waals surface area (Å²) in [7, 11) is 0. The summed E-state index contributed by atoms with van der Waals surface area (Å²) in [4.78, 5) is 4.33. The molecule has 2 N–H and O–H groups in total. The van der Waals surface area contributed by atoms with Gasteiger partial charge in [-0.2, -0.15) is 0 Å². The summed E-state index contributed by atoms with van der Waals surface area (Å²) < 4.78 is 0. The van der Waals surface area contributed by atoms with Gasteiger partial charge in [0.25, 0.3) is 0 Å². The number of rotatable bonds is 2. The maximum atomic E-state index is 4.33. The van der Waals surface area contributed by atoms with Crippen LogP contribution in [-0.4, -0.2) is 18.9 Å². The molecule has 2 aliphatic rings. The predicted octanol–water partition coefficient (Wildman–Crippen LogP) is 2.99. The molecule has 0 radical (unpaired) electrons. The van der Waals surface area contributed by atoms with Crippen LogP contribution in [-0.2, 0) is 0 Å². The number of nitrogens with zero attached hydrogens (tertiary/aromatic N) is 1. The third-order valence-corrected chi connectivity index (χ3v) is 2.92. The summed E-state index contributed by atoms with van der Waals surface area (Å²) in [6.45, 7) is 11.4. The average Bonchev–Trinajstić information content (AvgIpc) is 2.42. The molecule has 100 valence electrons. The molecule has 2 aliphatic heterocycles. The van der Waals surface area contributed by atoms with Crippen LogP contribution in [0.1, 0.15) is 34.6 Å². The smallest absolute Gasteiger partial charge is 0.115 e. The highest BCUT2D eigenvalue weighted by atomic mass is 15.1. The van der Waals surface area contributed by atoms with Gasteiger partial charge in [0, 0.05) is 30.2 Å². The maximum absolute atomic E-state index is 4.33. The Bertz CT molecular complexity index is 387. The minimum Gasteiger partial charge on any atom is -0.381 e. The molecular formula is C15H25N3. The lowest BCUT2D eigenvalue weighted by Gasteiger charge is -2.22. The summed E-state index contributed by atoms with van der Waals surface area (Å²) in [5.41, 5.74) is 3.71. The van der Waals surface area contributed by atoms with Gasteiger partial charge in [-0.3, -0.25) is 4.99 Å². The molecule has 3 heteroatoms. The third-order valence-electron chi connectivity index (χ3n) is 2.92. The lowest BCUT2D eigenvalue weighted by atomic mass is 9.99. The van der Waals surface area contributed by atoms with Gasteiger partial charge in [0.2, 0.25) is 0 Å². The van der Waals surface area contributed by atoms with Gasteiger partial charge in [-0.05, 0) is 24.5 Å². The zero-order valence-electron chi connectivity index (χ0n) is 12.1. The fourth-order valence-corrected chi connectivity index (χ4v) is 1.73. The second-order valence-electron chi connectivity index (χ2n) is 4.55. The first-order valence-corrected chi connectivity index (χ1v) is 6.81. The standard InChI is InChI=1S/C13H19N3.C2H6/c1-9(2)11-4-5-13(16-6-11)12-7-14-10(3)15-8-12;1-2/h4-5,7-10,14,16H,6H2,1-3H3;1-2H3. The molecule has 0 aromatic carbocycles. The van der Waals surface area contributed by atoms with Crippen molar-refractivity contribution in [3.63, 3.8) is 0 Å². The van der Waals surface area contributed by atoms with E-state index < -0.39 is 0 Å². The molecule has 0 aliphatic carbocycles. The number of hydrogen-bond acceptors (Lipinski definition) is 3. The monoisotopic (exact) mass is 247 g/mol. The number of dihydropyridines is 1. The minimum atomic E-state index is 0.190. The summed E-state index contributed by atoms with van der Waals surface area (Å²) in [6, 6.07) is 0. The fourth-order valence-electron chi connectivity index (χ4n) is 1.73. The van der Waals surface area contributed by atoms with Gasteiger partial charge < -0.3 is 10.6 Å². The molecule has 2 heterocycles. The Morgan fingerprint density at radius 3 is 2.44 bits per heavy atom. The van der Waals surface area contributed by atoms with Crippen molar-refractivity contribution in [1.82, 2.24) is 10.6 Å². The van der Waals surface area contributed by atoms with Gasteiger partial charge in [-0.25, -0.2) is 0 Å². The molecule has 2 rings (SSSR count). The van der Waals surface area contributed by atoms with E-state index in [2.05, 4.69) is 41.6 Å². The number of aliphatic imine (C=N–C) groups is 1. The average molecular weight is 247 g/mol. The van der Waals surface area contributed by atoms with Crippen LogP contribution in [0, 0.1) is 5.92 Å². The van der Waals surface area contributed by atoms with Crippen LogP contribution in [0.15, 0.2) is 40.2 Å². The molecule has 18 heavy (non-hydrogen) atoms. The largest absolute Gasteiger partial charge is 0.381 e. The van der Waals surface area contributed by atoms with Crippen molar-refractivity contribution in [3.05, 3.63) is 35.2 Å². The Hall–Kier alpha value is -1.51. The Labute approximate surface area is 111 Å². The van der Waals surface area contributed by atoms with E-state index in [1.165, 1.54) is 5.57 Å². The molecule has 0 saturated heterocycles. The van der Waals surface area contributed by atoms with Gasteiger partial charge in [0.05, 0.1) is 0 Å². The van der Waals surface area contributed by atoms with E-state index in [-0.39, 0.29) is 6.17 Å². The Morgan fingerprint density at radius 1 is 1.28 bits per heavy atom. The molecule has 0 saturated carbocycles. The lowest BCUT2D eigenvalue weighted by molar-refractivity contribution is 0.661. The fraction of sp³-hybridized carbons (Fsp3) is 0.533. The van der Waals surface area contributed by atoms with E-state index in [9.17, 15) is 0 Å². The molecule has 1 atom stereocenters. The first kappa shape index (κ1) is 14.6. The van der Waals surface area contributed by atoms with Crippen LogP contribution in [0.5, 0.6) is 0 Å². The Morgan fingerprint density at radius 2 is 2.00 bits per heavy atom. The third kappa shape index (κ3) is 3.76. The number of hydrogen-bond donors (Lipinski definition) is 2. The van der Waals surface area contributed by atoms with E-state index >= 15 is 0 Å². The molecule has 0 aromatic heterocycles. The van der Waals surface area contributed by atoms with Gasteiger partial charge in [0.1, 0.15) is 6.17 Å². The van der Waals surface area contributed by atoms with Crippen LogP contribution < -0.4 is 10.6 Å². The van der Waals surface area contributed by atoms with Crippen LogP contribution >= 0.6 is 0 Å². The molecule has 0 fully saturated rings. The van der Waals surface area contributed by atoms with E-state index in [1.54, 1.807) is 0 Å². The predicted molar refractivity (Wildman–Crippen MR) is 79.5 cm³/mol. The molecular weight excluding hydrogens is 222 g/mol. The highest BCUT2D eigenvalue weighted by Gasteiger charge is 2.12. The molecule has 0 bridgehead atoms. The van der Waals surface area contributed by atoms with E-state index in [4.69, 9.17) is 0 Å². The van der Waals surface area contributed by atoms with Crippen molar-refractivity contribution in [2.45, 2.75) is 40.8 Å². The van der Waals surface area contributed by atoms with E-state index in [1.807, 2.05) is 33.2 Å². The first-order chi connectivity index (χ1) is 8.66. The van der Waals surface area contributed by atoms with E-state index in [0.717, 1.165) is 17.8 Å². The second kappa shape index (κ2) is 7.04. The van der Waals surface area contributed by atoms with Gasteiger partial charge >= 0.3 is 0 Å². The van der Waals surface area contributed by atoms with Crippen molar-refractivity contribution >= 4 is 6.21 Å². The zero-order valence-corrected chi connectivity index (χ0v) is 12.1. The molecule has 0 amide bonds. The van der Waals surface area contributed by atoms with Gasteiger partial charge in [-0.1, -0.05) is 33.8 Å². The van der Waals surface area contributed by atoms with Crippen LogP contribution in [0.2, 0.25) is 0 Å². The Kier molecular flexibility index (Phi) is 5.69. The normalized spacial score (nSPS) is 21.9. The van der Waals surface area contributed by atoms with Crippen LogP contribution in [0.3, 0.4) is 0 Å². The van der Waals surface area contributed by atoms with Crippen molar-refractivity contribution in [2.24, 2.45) is 10.9 Å². The van der Waals surface area contributed by atoms with Gasteiger partial charge in [0.15, 0.2) is 0 Å². The summed E-state index contributed by atoms with van der Waals surface area (Å²) in [6.07, 6.45) is 8.48. The zero-order chi connectivity index (χ0) is 13.5. The van der Waals surface area contributed by atoms with Crippen molar-refractivity contribution in [2.75, 3.05) is 6.54 Å². The highest BCUT2D eigenvalue weighted by Crippen LogP contribution is 2.17. The first-order valence-electron chi connectivity index (χ1n) is 6.81. The second-order valence-corrected chi connectivity index (χ2v) is 4.55. The molecule has 1 unspecified atom stereocenters. The van der Waals surface area contributed by atoms with Crippen molar-refractivity contribution in [1.29, 1.82) is 0 Å². The summed E-state index contributed by atoms with van der Waals surface area (Å²) in [5.74, 6) is 0.609. The Balaban J connectivity index is 0.000000771. The summed E-state index contributed by atoms with van der Waals surface area (Å²) in [5, 5.41) is 6.63. The quantitative estimate of drug-likeness (QED) is 0.787. The molecule has 0 aromatic rings. The topological polar surface area (TPSA) is 36.4 Å². The summed E-state index contributed by atoms with van der Waals surface area (Å²) >= 11 is 0. The maximum Gasteiger partial charge on any atom is 0.115 e. The van der Waals surface area contributed by atoms with Crippen LogP contribution in [0.25, 0.3) is 0 Å². The molecule has 3 nitrogen and oxygen atoms in total. The number of nitrogens with one attached hydrogen (secondary N) is 2. The minimum absolute atomic E-state index is 0.190. The van der Waals surface area contributed by atoms with E-state index in [0.29, 0.717) is 5.92 Å². The lowest BCUT2D eigenvalue weighted by Crippen LogP contribution is -2.28. The SMILES string of the molecule is CC.CC1N=CC(C2=CC=C(C(C)C)CN2)=CN1. The molecule has 0 spiro atoms. The van der Waals surface area contributed by atoms with Gasteiger partial charge in [-0.15, -0.1) is 0 Å². The number of allylic oxidation sites excluding steroid dienone is 3. The highest BCUT2D eigenvalue weighted by molar-refractivity contribution is 5.85. The van der Waals surface area contributed by atoms with Crippen molar-refractivity contribution < 1.29 is 0 Å². The van der Waals surface area contributed by atoms with Crippen molar-refractivity contribution in [3.8, 4) is 0 Å². The van der Waals surface area contributed by atoms with Crippen LogP contribution in [0.4, 0.5) is 0 Å².